The van der Waals surface area contributed by atoms with E-state index in [4.69, 9.17) is 0 Å². The lowest BCUT2D eigenvalue weighted by atomic mass is 9.68. The van der Waals surface area contributed by atoms with Crippen molar-refractivity contribution in [1.82, 2.24) is 0 Å². The van der Waals surface area contributed by atoms with Crippen molar-refractivity contribution in [3.8, 4) is 0 Å². The summed E-state index contributed by atoms with van der Waals surface area (Å²) in [5.74, 6) is -2.17. The van der Waals surface area contributed by atoms with Crippen molar-refractivity contribution in [2.24, 2.45) is 11.8 Å². The zero-order chi connectivity index (χ0) is 22.2. The molecule has 1 aliphatic carbocycles. The number of hydrogen-bond acceptors (Lipinski definition) is 4. The predicted octanol–water partition coefficient (Wildman–Crippen LogP) is 3.33. The number of benzene rings is 3. The van der Waals surface area contributed by atoms with E-state index >= 15 is 0 Å². The predicted molar refractivity (Wildman–Crippen MR) is 119 cm³/mol. The van der Waals surface area contributed by atoms with E-state index < -0.39 is 17.1 Å². The maximum absolute atomic E-state index is 13.7. The van der Waals surface area contributed by atoms with Gasteiger partial charge >= 0.3 is 0 Å². The third-order valence-electron chi connectivity index (χ3n) is 6.42. The van der Waals surface area contributed by atoms with Crippen LogP contribution in [0, 0.1) is 17.0 Å². The molecule has 5 rings (SSSR count). The van der Waals surface area contributed by atoms with Gasteiger partial charge < -0.3 is 5.21 Å². The molecular formula is C26H22N2O4. The van der Waals surface area contributed by atoms with E-state index in [0.29, 0.717) is 5.69 Å². The molecule has 5 atom stereocenters. The number of nitrogens with zero attached hydrogens (tertiary/aromatic N) is 1. The molecule has 0 aromatic heterocycles. The molecule has 2 aliphatic rings. The summed E-state index contributed by atoms with van der Waals surface area (Å²) < 4.78 is 0. The highest BCUT2D eigenvalue weighted by molar-refractivity contribution is 6.23. The largest absolute Gasteiger partial charge is 0.595 e. The zero-order valence-corrected chi connectivity index (χ0v) is 17.2. The van der Waals surface area contributed by atoms with Gasteiger partial charge in [0.25, 0.3) is 0 Å². The maximum atomic E-state index is 13.7. The Morgan fingerprint density at radius 1 is 0.719 bits per heavy atom. The molecule has 0 bridgehead atoms. The Bertz CT molecular complexity index is 1110. The molecule has 1 saturated heterocycles. The quantitative estimate of drug-likeness (QED) is 0.381. The fourth-order valence-electron chi connectivity index (χ4n) is 4.97. The lowest BCUT2D eigenvalue weighted by Gasteiger charge is -2.32. The lowest BCUT2D eigenvalue weighted by molar-refractivity contribution is -0.991. The highest BCUT2D eigenvalue weighted by Gasteiger charge is 2.55. The molecule has 6 heteroatoms. The number of imide groups is 1. The molecule has 2 amide bonds. The first-order valence-electron chi connectivity index (χ1n) is 10.6. The highest BCUT2D eigenvalue weighted by Crippen LogP contribution is 2.50. The second-order valence-electron chi connectivity index (χ2n) is 8.18. The Kier molecular flexibility index (Phi) is 5.19. The van der Waals surface area contributed by atoms with Gasteiger partial charge in [-0.2, -0.15) is 5.23 Å². The number of carbonyl (C=O) groups excluding carboxylic acids is 2. The summed E-state index contributed by atoms with van der Waals surface area (Å²) in [5.41, 5.74) is 2.29. The molecular weight excluding hydrogens is 404 g/mol. The minimum Gasteiger partial charge on any atom is -0.595 e. The van der Waals surface area contributed by atoms with Gasteiger partial charge in [0.15, 0.2) is 5.69 Å². The number of hydrogen-bond donors (Lipinski definition) is 2. The molecule has 2 N–H and O–H groups in total. The Morgan fingerprint density at radius 2 is 1.22 bits per heavy atom. The van der Waals surface area contributed by atoms with Crippen molar-refractivity contribution in [3.63, 3.8) is 0 Å². The third kappa shape index (κ3) is 3.35. The van der Waals surface area contributed by atoms with Crippen LogP contribution in [0.15, 0.2) is 97.1 Å². The minimum absolute atomic E-state index is 0.0373. The van der Waals surface area contributed by atoms with Crippen LogP contribution in [0.25, 0.3) is 0 Å². The molecule has 6 nitrogen and oxygen atoms in total. The van der Waals surface area contributed by atoms with Gasteiger partial charge in [-0.3, -0.25) is 9.59 Å². The summed E-state index contributed by atoms with van der Waals surface area (Å²) in [7, 11) is 0. The average Bonchev–Trinajstić information content (AvgIpc) is 3.10. The van der Waals surface area contributed by atoms with E-state index in [1.807, 2.05) is 72.8 Å². The Balaban J connectivity index is 1.62. The Labute approximate surface area is 185 Å². The number of quaternary nitrogens is 1. The van der Waals surface area contributed by atoms with Crippen LogP contribution in [-0.4, -0.2) is 17.0 Å². The fourth-order valence-corrected chi connectivity index (χ4v) is 4.97. The summed E-state index contributed by atoms with van der Waals surface area (Å²) in [6.45, 7) is 0. The minimum atomic E-state index is -1.10. The number of rotatable bonds is 4. The molecule has 3 aromatic carbocycles. The van der Waals surface area contributed by atoms with Crippen molar-refractivity contribution < 1.29 is 20.0 Å². The second-order valence-corrected chi connectivity index (χ2v) is 8.18. The van der Waals surface area contributed by atoms with Crippen molar-refractivity contribution in [3.05, 3.63) is 113 Å². The van der Waals surface area contributed by atoms with Crippen LogP contribution in [-0.2, 0) is 9.59 Å². The van der Waals surface area contributed by atoms with Crippen molar-refractivity contribution in [1.29, 1.82) is 0 Å². The molecule has 160 valence electrons. The summed E-state index contributed by atoms with van der Waals surface area (Å²) in [6.07, 6.45) is 4.08. The van der Waals surface area contributed by atoms with Crippen LogP contribution in [0.2, 0.25) is 0 Å². The van der Waals surface area contributed by atoms with Gasteiger partial charge in [0.05, 0.1) is 17.5 Å². The maximum Gasteiger partial charge on any atom is 0.238 e. The van der Waals surface area contributed by atoms with Gasteiger partial charge in [0.2, 0.25) is 11.8 Å². The van der Waals surface area contributed by atoms with Gasteiger partial charge in [0.1, 0.15) is 0 Å². The van der Waals surface area contributed by atoms with Gasteiger partial charge in [0, 0.05) is 24.0 Å². The monoisotopic (exact) mass is 426 g/mol. The second kappa shape index (κ2) is 8.16. The molecule has 0 saturated carbocycles. The van der Waals surface area contributed by atoms with E-state index in [0.717, 1.165) is 11.1 Å². The molecule has 1 fully saturated rings. The molecule has 32 heavy (non-hydrogen) atoms. The third-order valence-corrected chi connectivity index (χ3v) is 6.42. The van der Waals surface area contributed by atoms with Crippen LogP contribution in [0.5, 0.6) is 0 Å². The highest BCUT2D eigenvalue weighted by atomic mass is 16.8. The van der Waals surface area contributed by atoms with E-state index in [1.165, 1.54) is 17.0 Å². The van der Waals surface area contributed by atoms with E-state index in [2.05, 4.69) is 0 Å². The van der Waals surface area contributed by atoms with Crippen LogP contribution in [0.4, 0.5) is 11.4 Å². The smallest absolute Gasteiger partial charge is 0.238 e. The summed E-state index contributed by atoms with van der Waals surface area (Å²) in [4.78, 5) is 28.6. The van der Waals surface area contributed by atoms with E-state index in [9.17, 15) is 20.0 Å². The fraction of sp³-hybridized carbons (Fsp3) is 0.154. The first-order valence-corrected chi connectivity index (χ1v) is 10.6. The normalized spacial score (nSPS) is 25.6. The molecule has 3 aromatic rings. The van der Waals surface area contributed by atoms with Crippen LogP contribution in [0.1, 0.15) is 23.0 Å². The summed E-state index contributed by atoms with van der Waals surface area (Å²) >= 11 is 0. The van der Waals surface area contributed by atoms with Crippen molar-refractivity contribution in [2.75, 3.05) is 4.90 Å². The number of anilines is 1. The molecule has 1 heterocycles. The molecule has 0 spiro atoms. The molecule has 1 aliphatic heterocycles. The number of allylic oxidation sites excluding steroid dienone is 2. The summed E-state index contributed by atoms with van der Waals surface area (Å²) in [5, 5.41) is 19.7. The topological polar surface area (TPSA) is 85.1 Å². The van der Waals surface area contributed by atoms with Crippen molar-refractivity contribution in [2.45, 2.75) is 11.8 Å². The first kappa shape index (κ1) is 20.3. The number of amides is 2. The standard InChI is InChI=1S/C26H22N2O4/c29-25-23-21(17-8-3-1-4-9-17)14-15-22(18-10-5-2-6-11-18)24(23)26(30)27(25)19-12-7-13-20(16-19)28(31)32/h1-16,21-24,28,31H/t21-,22+,23-,24+. The van der Waals surface area contributed by atoms with Gasteiger partial charge in [-0.1, -0.05) is 78.9 Å². The number of carbonyl (C=O) groups is 2. The van der Waals surface area contributed by atoms with Gasteiger partial charge in [-0.25, -0.2) is 10.1 Å². The zero-order valence-electron chi connectivity index (χ0n) is 17.2. The van der Waals surface area contributed by atoms with Crippen molar-refractivity contribution >= 4 is 23.2 Å². The van der Waals surface area contributed by atoms with Gasteiger partial charge in [-0.05, 0) is 17.2 Å². The van der Waals surface area contributed by atoms with Crippen LogP contribution in [0.3, 0.4) is 0 Å². The lowest BCUT2D eigenvalue weighted by Crippen LogP contribution is -2.99. The number of nitrogens with one attached hydrogen (secondary N) is 1. The van der Waals surface area contributed by atoms with E-state index in [-0.39, 0.29) is 29.3 Å². The first-order chi connectivity index (χ1) is 15.6. The van der Waals surface area contributed by atoms with Gasteiger partial charge in [-0.15, -0.1) is 0 Å². The van der Waals surface area contributed by atoms with Crippen LogP contribution >= 0.6 is 0 Å². The average molecular weight is 426 g/mol. The van der Waals surface area contributed by atoms with E-state index in [1.54, 1.807) is 12.1 Å². The molecule has 0 radical (unpaired) electrons. The van der Waals surface area contributed by atoms with Crippen LogP contribution < -0.4 is 10.1 Å². The Morgan fingerprint density at radius 3 is 1.69 bits per heavy atom. The Hall–Kier alpha value is -3.58. The SMILES string of the molecule is O=C1[C@@H]2[C@H](C(=O)N1c1cccc([NH+]([O-])O)c1)[C@@H](c1ccccc1)C=C[C@H]2c1ccccc1. The number of fused-ring (bicyclic) bond motifs is 1. The molecule has 1 unspecified atom stereocenters. The summed E-state index contributed by atoms with van der Waals surface area (Å²) in [6, 6.07) is 25.5.